The maximum atomic E-state index is 12.8. The molecule has 8 heteroatoms. The number of carbonyl (C=O) groups excluding carboxylic acids is 2. The van der Waals surface area contributed by atoms with E-state index in [1.807, 2.05) is 35.6 Å². The quantitative estimate of drug-likeness (QED) is 0.245. The molecule has 0 fully saturated rings. The Bertz CT molecular complexity index is 1040. The molecular weight excluding hydrogens is 416 g/mol. The molecule has 7 nitrogen and oxygen atoms in total. The van der Waals surface area contributed by atoms with Crippen LogP contribution in [0.5, 0.6) is 5.75 Å². The summed E-state index contributed by atoms with van der Waals surface area (Å²) in [6.45, 7) is 0.106. The van der Waals surface area contributed by atoms with Gasteiger partial charge in [-0.15, -0.1) is 0 Å². The van der Waals surface area contributed by atoms with Crippen LogP contribution in [0.4, 0.5) is 5.69 Å². The van der Waals surface area contributed by atoms with Gasteiger partial charge >= 0.3 is 0 Å². The Balaban J connectivity index is 1.94. The van der Waals surface area contributed by atoms with E-state index in [0.29, 0.717) is 22.0 Å². The van der Waals surface area contributed by atoms with Crippen LogP contribution < -0.4 is 26.6 Å². The molecule has 160 valence electrons. The largest absolute Gasteiger partial charge is 0.497 e. The summed E-state index contributed by atoms with van der Waals surface area (Å²) in [4.78, 5) is 24.6. The van der Waals surface area contributed by atoms with Crippen LogP contribution in [0.2, 0.25) is 5.02 Å². The van der Waals surface area contributed by atoms with E-state index in [2.05, 4.69) is 10.7 Å². The van der Waals surface area contributed by atoms with Crippen molar-refractivity contribution in [1.29, 1.82) is 0 Å². The fraction of sp³-hybridized carbons (Fsp3) is 0.130. The molecular formula is C23H24ClN4O3+. The van der Waals surface area contributed by atoms with Crippen LogP contribution >= 0.6 is 11.6 Å². The highest BCUT2D eigenvalue weighted by molar-refractivity contribution is 6.30. The fourth-order valence-corrected chi connectivity index (χ4v) is 3.41. The van der Waals surface area contributed by atoms with Crippen molar-refractivity contribution in [2.75, 3.05) is 19.0 Å². The number of quaternary nitrogens is 1. The number of benzene rings is 3. The van der Waals surface area contributed by atoms with Gasteiger partial charge in [0.15, 0.2) is 6.54 Å². The summed E-state index contributed by atoms with van der Waals surface area (Å²) in [5.74, 6) is 5.32. The molecule has 0 heterocycles. The number of hydrogen-bond donors (Lipinski definition) is 4. The lowest BCUT2D eigenvalue weighted by Crippen LogP contribution is -2.88. The molecule has 6 N–H and O–H groups in total. The molecule has 0 radical (unpaired) electrons. The first kappa shape index (κ1) is 22.3. The topological polar surface area (TPSA) is 110 Å². The zero-order valence-corrected chi connectivity index (χ0v) is 17.7. The van der Waals surface area contributed by atoms with Crippen molar-refractivity contribution in [3.05, 3.63) is 94.5 Å². The number of halogens is 1. The van der Waals surface area contributed by atoms with Crippen LogP contribution in [-0.2, 0) is 4.79 Å². The van der Waals surface area contributed by atoms with E-state index in [1.165, 1.54) is 0 Å². The molecule has 3 aromatic rings. The summed E-state index contributed by atoms with van der Waals surface area (Å²) in [5, 5.41) is 5.32. The van der Waals surface area contributed by atoms with Gasteiger partial charge in [-0.05, 0) is 42.5 Å². The maximum Gasteiger partial charge on any atom is 0.288 e. The number of hydrazine groups is 1. The van der Waals surface area contributed by atoms with Crippen LogP contribution in [0.1, 0.15) is 27.5 Å². The number of carbonyl (C=O) groups is 2. The molecule has 3 rings (SSSR count). The molecule has 0 aromatic heterocycles. The van der Waals surface area contributed by atoms with Gasteiger partial charge < -0.3 is 15.4 Å². The van der Waals surface area contributed by atoms with Crippen LogP contribution in [0, 0.1) is 0 Å². The van der Waals surface area contributed by atoms with Crippen molar-refractivity contribution in [3.63, 3.8) is 0 Å². The van der Waals surface area contributed by atoms with Crippen LogP contribution in [0.3, 0.4) is 0 Å². The molecule has 0 saturated heterocycles. The highest BCUT2D eigenvalue weighted by Gasteiger charge is 2.23. The average molecular weight is 440 g/mol. The molecule has 0 aliphatic heterocycles. The van der Waals surface area contributed by atoms with Gasteiger partial charge in [-0.25, -0.2) is 5.84 Å². The van der Waals surface area contributed by atoms with Gasteiger partial charge in [-0.2, -0.15) is 0 Å². The Hall–Kier alpha value is -3.39. The van der Waals surface area contributed by atoms with Gasteiger partial charge in [0, 0.05) is 21.7 Å². The molecule has 0 aliphatic rings. The van der Waals surface area contributed by atoms with Crippen LogP contribution in [-0.4, -0.2) is 25.5 Å². The van der Waals surface area contributed by atoms with E-state index in [0.717, 1.165) is 11.1 Å². The third-order valence-corrected chi connectivity index (χ3v) is 5.04. The van der Waals surface area contributed by atoms with Crippen molar-refractivity contribution >= 4 is 29.1 Å². The number of anilines is 1. The van der Waals surface area contributed by atoms with Gasteiger partial charge in [0.05, 0.1) is 12.8 Å². The Kier molecular flexibility index (Phi) is 7.61. The second-order valence-corrected chi connectivity index (χ2v) is 7.25. The Morgan fingerprint density at radius 3 is 2.42 bits per heavy atom. The van der Waals surface area contributed by atoms with Gasteiger partial charge in [0.1, 0.15) is 11.8 Å². The highest BCUT2D eigenvalue weighted by atomic mass is 35.5. The van der Waals surface area contributed by atoms with E-state index in [4.69, 9.17) is 22.2 Å². The summed E-state index contributed by atoms with van der Waals surface area (Å²) in [6.07, 6.45) is 0. The minimum absolute atomic E-state index is 0.106. The summed E-state index contributed by atoms with van der Waals surface area (Å²) >= 11 is 6.29. The summed E-state index contributed by atoms with van der Waals surface area (Å²) in [6, 6.07) is 21.5. The van der Waals surface area contributed by atoms with Crippen molar-refractivity contribution in [2.45, 2.75) is 6.04 Å². The zero-order valence-electron chi connectivity index (χ0n) is 17.0. The second-order valence-electron chi connectivity index (χ2n) is 6.81. The molecule has 0 saturated carbocycles. The second kappa shape index (κ2) is 10.6. The summed E-state index contributed by atoms with van der Waals surface area (Å²) in [7, 11) is 1.57. The number of rotatable bonds is 8. The normalized spacial score (nSPS) is 11.5. The van der Waals surface area contributed by atoms with Gasteiger partial charge in [0.2, 0.25) is 0 Å². The molecule has 0 bridgehead atoms. The lowest BCUT2D eigenvalue weighted by atomic mass is 9.96. The lowest BCUT2D eigenvalue weighted by molar-refractivity contribution is -0.676. The van der Waals surface area contributed by atoms with Gasteiger partial charge in [-0.1, -0.05) is 41.9 Å². The molecule has 0 spiro atoms. The van der Waals surface area contributed by atoms with E-state index in [9.17, 15) is 9.59 Å². The predicted octanol–water partition coefficient (Wildman–Crippen LogP) is 2.24. The Morgan fingerprint density at radius 2 is 1.77 bits per heavy atom. The monoisotopic (exact) mass is 439 g/mol. The lowest BCUT2D eigenvalue weighted by Gasteiger charge is -2.20. The highest BCUT2D eigenvalue weighted by Crippen LogP contribution is 2.29. The maximum absolute atomic E-state index is 12.8. The number of amides is 2. The molecule has 2 amide bonds. The fourth-order valence-electron chi connectivity index (χ4n) is 3.23. The third-order valence-electron chi connectivity index (χ3n) is 4.81. The smallest absolute Gasteiger partial charge is 0.288 e. The first-order valence-corrected chi connectivity index (χ1v) is 10.0. The summed E-state index contributed by atoms with van der Waals surface area (Å²) < 4.78 is 5.14. The molecule has 31 heavy (non-hydrogen) atoms. The standard InChI is InChI=1S/C23H23ClN4O3/c1-31-18-10-7-16(8-11-18)23(30)27-20-12-9-17(24)13-19(20)22(26-14-21(29)28-25)15-5-3-2-4-6-15/h2-13,22,26H,14,25H2,1H3,(H,27,30)(H,28,29)/p+1/t22-/m1/s1. The van der Waals surface area contributed by atoms with Crippen molar-refractivity contribution in [3.8, 4) is 5.75 Å². The van der Waals surface area contributed by atoms with E-state index in [1.54, 1.807) is 49.6 Å². The predicted molar refractivity (Wildman–Crippen MR) is 120 cm³/mol. The first-order chi connectivity index (χ1) is 15.0. The number of hydrogen-bond acceptors (Lipinski definition) is 4. The van der Waals surface area contributed by atoms with Crippen LogP contribution in [0.15, 0.2) is 72.8 Å². The minimum atomic E-state index is -0.313. The molecule has 0 aliphatic carbocycles. The van der Waals surface area contributed by atoms with Gasteiger partial charge in [-0.3, -0.25) is 15.0 Å². The molecule has 1 atom stereocenters. The number of nitrogens with two attached hydrogens (primary N) is 2. The number of methoxy groups -OCH3 is 1. The third kappa shape index (κ3) is 5.82. The van der Waals surface area contributed by atoms with E-state index in [-0.39, 0.29) is 24.4 Å². The SMILES string of the molecule is COc1ccc(C(=O)Nc2ccc(Cl)cc2[C@H]([NH2+]CC(=O)NN)c2ccccc2)cc1. The van der Waals surface area contributed by atoms with Crippen LogP contribution in [0.25, 0.3) is 0 Å². The molecule has 0 unspecified atom stereocenters. The van der Waals surface area contributed by atoms with E-state index >= 15 is 0 Å². The Morgan fingerprint density at radius 1 is 1.06 bits per heavy atom. The number of nitrogens with one attached hydrogen (secondary N) is 2. The molecule has 3 aromatic carbocycles. The average Bonchev–Trinajstić information content (AvgIpc) is 2.81. The van der Waals surface area contributed by atoms with Gasteiger partial charge in [0.25, 0.3) is 11.8 Å². The van der Waals surface area contributed by atoms with Crippen molar-refractivity contribution in [1.82, 2.24) is 5.43 Å². The summed E-state index contributed by atoms with van der Waals surface area (Å²) in [5.41, 5.74) is 4.95. The zero-order chi connectivity index (χ0) is 22.2. The Labute approximate surface area is 185 Å². The first-order valence-electron chi connectivity index (χ1n) is 9.64. The van der Waals surface area contributed by atoms with Crippen molar-refractivity contribution in [2.24, 2.45) is 5.84 Å². The number of ether oxygens (including phenoxy) is 1. The minimum Gasteiger partial charge on any atom is -0.497 e. The van der Waals surface area contributed by atoms with Crippen molar-refractivity contribution < 1.29 is 19.6 Å². The van der Waals surface area contributed by atoms with E-state index < -0.39 is 0 Å².